The molecule has 144 valence electrons. The van der Waals surface area contributed by atoms with E-state index in [0.29, 0.717) is 17.0 Å². The molecule has 0 aliphatic carbocycles. The van der Waals surface area contributed by atoms with E-state index in [4.69, 9.17) is 4.74 Å². The van der Waals surface area contributed by atoms with Crippen LogP contribution in [-0.2, 0) is 0 Å². The number of aromatic amines is 1. The number of fused-ring (bicyclic) bond motifs is 1. The topological polar surface area (TPSA) is 99.6 Å². The minimum Gasteiger partial charge on any atom is -0.508 e. The van der Waals surface area contributed by atoms with Crippen LogP contribution >= 0.6 is 0 Å². The standard InChI is InChI=1S/C22H18N4O3/c1-29-18-8-5-15(6-9-18)21-24-19-10-7-16(12-20(19)25-21)22(28)26-23-13-14-3-2-4-17(27)11-14/h2-13,27H,1H3,(H,24,25)(H,26,28). The monoisotopic (exact) mass is 386 g/mol. The number of imidazole rings is 1. The molecule has 0 saturated heterocycles. The van der Waals surface area contributed by atoms with Gasteiger partial charge in [-0.1, -0.05) is 12.1 Å². The average molecular weight is 386 g/mol. The number of hydrazone groups is 1. The molecule has 3 N–H and O–H groups in total. The van der Waals surface area contributed by atoms with Crippen LogP contribution < -0.4 is 10.2 Å². The van der Waals surface area contributed by atoms with Crippen molar-refractivity contribution >= 4 is 23.2 Å². The third-order valence-electron chi connectivity index (χ3n) is 4.36. The highest BCUT2D eigenvalue weighted by molar-refractivity contribution is 5.98. The number of phenolic OH excluding ortho intramolecular Hbond substituents is 1. The summed E-state index contributed by atoms with van der Waals surface area (Å²) in [4.78, 5) is 20.2. The predicted octanol–water partition coefficient (Wildman–Crippen LogP) is 3.71. The maximum atomic E-state index is 12.4. The van der Waals surface area contributed by atoms with E-state index in [9.17, 15) is 9.90 Å². The Balaban J connectivity index is 1.51. The second-order valence-corrected chi connectivity index (χ2v) is 6.34. The Morgan fingerprint density at radius 2 is 1.97 bits per heavy atom. The first-order valence-corrected chi connectivity index (χ1v) is 8.89. The van der Waals surface area contributed by atoms with Crippen LogP contribution in [0.3, 0.4) is 0 Å². The lowest BCUT2D eigenvalue weighted by atomic mass is 10.2. The lowest BCUT2D eigenvalue weighted by Crippen LogP contribution is -2.17. The summed E-state index contributed by atoms with van der Waals surface area (Å²) in [6.45, 7) is 0. The molecule has 0 unspecified atom stereocenters. The van der Waals surface area contributed by atoms with Gasteiger partial charge in [-0.15, -0.1) is 0 Å². The van der Waals surface area contributed by atoms with Crippen LogP contribution in [0.1, 0.15) is 15.9 Å². The van der Waals surface area contributed by atoms with Crippen LogP contribution in [0.4, 0.5) is 0 Å². The molecule has 0 fully saturated rings. The van der Waals surface area contributed by atoms with Crippen molar-refractivity contribution < 1.29 is 14.6 Å². The molecule has 29 heavy (non-hydrogen) atoms. The summed E-state index contributed by atoms with van der Waals surface area (Å²) in [6, 6.07) is 19.4. The normalized spacial score (nSPS) is 11.1. The molecule has 0 spiro atoms. The minimum atomic E-state index is -0.344. The highest BCUT2D eigenvalue weighted by Crippen LogP contribution is 2.23. The van der Waals surface area contributed by atoms with Crippen molar-refractivity contribution in [2.75, 3.05) is 7.11 Å². The molecule has 0 saturated carbocycles. The second-order valence-electron chi connectivity index (χ2n) is 6.34. The summed E-state index contributed by atoms with van der Waals surface area (Å²) in [5.74, 6) is 1.28. The van der Waals surface area contributed by atoms with Gasteiger partial charge in [0.1, 0.15) is 17.3 Å². The van der Waals surface area contributed by atoms with Gasteiger partial charge in [0.05, 0.1) is 24.4 Å². The number of hydrogen-bond acceptors (Lipinski definition) is 5. The number of amides is 1. The molecule has 1 heterocycles. The van der Waals surface area contributed by atoms with Crippen molar-refractivity contribution in [3.8, 4) is 22.9 Å². The lowest BCUT2D eigenvalue weighted by Gasteiger charge is -2.00. The molecule has 0 bridgehead atoms. The fraction of sp³-hybridized carbons (Fsp3) is 0.0455. The van der Waals surface area contributed by atoms with E-state index in [2.05, 4.69) is 20.5 Å². The van der Waals surface area contributed by atoms with Crippen molar-refractivity contribution in [1.82, 2.24) is 15.4 Å². The van der Waals surface area contributed by atoms with Gasteiger partial charge in [-0.3, -0.25) is 4.79 Å². The van der Waals surface area contributed by atoms with Gasteiger partial charge < -0.3 is 14.8 Å². The largest absolute Gasteiger partial charge is 0.508 e. The second kappa shape index (κ2) is 7.85. The van der Waals surface area contributed by atoms with Crippen LogP contribution in [-0.4, -0.2) is 34.3 Å². The van der Waals surface area contributed by atoms with Crippen molar-refractivity contribution in [3.63, 3.8) is 0 Å². The van der Waals surface area contributed by atoms with E-state index in [1.165, 1.54) is 6.21 Å². The molecule has 0 aliphatic rings. The number of ether oxygens (including phenoxy) is 1. The van der Waals surface area contributed by atoms with Gasteiger partial charge >= 0.3 is 0 Å². The Morgan fingerprint density at radius 1 is 1.14 bits per heavy atom. The number of nitrogens with zero attached hydrogens (tertiary/aromatic N) is 2. The number of carbonyl (C=O) groups excluding carboxylic acids is 1. The lowest BCUT2D eigenvalue weighted by molar-refractivity contribution is 0.0955. The number of rotatable bonds is 5. The van der Waals surface area contributed by atoms with Crippen molar-refractivity contribution in [1.29, 1.82) is 0 Å². The first kappa shape index (κ1) is 18.2. The summed E-state index contributed by atoms with van der Waals surface area (Å²) in [6.07, 6.45) is 1.47. The quantitative estimate of drug-likeness (QED) is 0.360. The van der Waals surface area contributed by atoms with E-state index in [1.807, 2.05) is 24.3 Å². The Morgan fingerprint density at radius 3 is 2.72 bits per heavy atom. The summed E-state index contributed by atoms with van der Waals surface area (Å²) in [7, 11) is 1.62. The zero-order valence-corrected chi connectivity index (χ0v) is 15.6. The molecule has 7 nitrogen and oxygen atoms in total. The number of phenols is 1. The molecule has 4 rings (SSSR count). The Bertz CT molecular complexity index is 1200. The highest BCUT2D eigenvalue weighted by atomic mass is 16.5. The zero-order valence-electron chi connectivity index (χ0n) is 15.6. The highest BCUT2D eigenvalue weighted by Gasteiger charge is 2.10. The molecule has 1 aromatic heterocycles. The Hall–Kier alpha value is -4.13. The Labute approximate surface area is 166 Å². The van der Waals surface area contributed by atoms with Crippen LogP contribution in [0, 0.1) is 0 Å². The molecule has 0 atom stereocenters. The summed E-state index contributed by atoms with van der Waals surface area (Å²) in [5, 5.41) is 13.4. The van der Waals surface area contributed by atoms with Gasteiger partial charge in [0.25, 0.3) is 5.91 Å². The van der Waals surface area contributed by atoms with E-state index < -0.39 is 0 Å². The average Bonchev–Trinajstić information content (AvgIpc) is 3.17. The molecular weight excluding hydrogens is 368 g/mol. The minimum absolute atomic E-state index is 0.137. The number of H-pyrrole nitrogens is 1. The smallest absolute Gasteiger partial charge is 0.271 e. The number of methoxy groups -OCH3 is 1. The SMILES string of the molecule is COc1ccc(-c2nc3ccc(C(=O)NN=Cc4cccc(O)c4)cc3[nH]2)cc1. The molecule has 7 heteroatoms. The van der Waals surface area contributed by atoms with Crippen LogP contribution in [0.15, 0.2) is 71.8 Å². The molecule has 0 radical (unpaired) electrons. The number of aromatic nitrogens is 2. The third kappa shape index (κ3) is 4.08. The van der Waals surface area contributed by atoms with Crippen LogP contribution in [0.5, 0.6) is 11.5 Å². The fourth-order valence-electron chi connectivity index (χ4n) is 2.87. The summed E-state index contributed by atoms with van der Waals surface area (Å²) in [5.41, 5.74) is 6.05. The summed E-state index contributed by atoms with van der Waals surface area (Å²) >= 11 is 0. The molecular formula is C22H18N4O3. The fourth-order valence-corrected chi connectivity index (χ4v) is 2.87. The number of nitrogens with one attached hydrogen (secondary N) is 2. The van der Waals surface area contributed by atoms with Gasteiger partial charge in [-0.2, -0.15) is 5.10 Å². The molecule has 0 aliphatic heterocycles. The number of benzene rings is 3. The van der Waals surface area contributed by atoms with Gasteiger partial charge in [0.15, 0.2) is 0 Å². The van der Waals surface area contributed by atoms with Crippen LogP contribution in [0.2, 0.25) is 0 Å². The summed E-state index contributed by atoms with van der Waals surface area (Å²) < 4.78 is 5.17. The zero-order chi connectivity index (χ0) is 20.2. The maximum absolute atomic E-state index is 12.4. The van der Waals surface area contributed by atoms with Gasteiger partial charge in [0.2, 0.25) is 0 Å². The van der Waals surface area contributed by atoms with E-state index in [1.54, 1.807) is 49.6 Å². The van der Waals surface area contributed by atoms with Crippen molar-refractivity contribution in [3.05, 3.63) is 77.9 Å². The first-order chi connectivity index (χ1) is 14.1. The third-order valence-corrected chi connectivity index (χ3v) is 4.36. The Kier molecular flexibility index (Phi) is 4.94. The molecule has 4 aromatic rings. The first-order valence-electron chi connectivity index (χ1n) is 8.89. The van der Waals surface area contributed by atoms with E-state index in [-0.39, 0.29) is 11.7 Å². The van der Waals surface area contributed by atoms with Gasteiger partial charge in [-0.25, -0.2) is 10.4 Å². The maximum Gasteiger partial charge on any atom is 0.271 e. The van der Waals surface area contributed by atoms with E-state index in [0.717, 1.165) is 22.3 Å². The van der Waals surface area contributed by atoms with E-state index >= 15 is 0 Å². The van der Waals surface area contributed by atoms with Crippen molar-refractivity contribution in [2.24, 2.45) is 5.10 Å². The van der Waals surface area contributed by atoms with Gasteiger partial charge in [-0.05, 0) is 60.2 Å². The molecule has 3 aromatic carbocycles. The number of hydrogen-bond donors (Lipinski definition) is 3. The molecule has 1 amide bonds. The van der Waals surface area contributed by atoms with Gasteiger partial charge in [0, 0.05) is 11.1 Å². The van der Waals surface area contributed by atoms with Crippen molar-refractivity contribution in [2.45, 2.75) is 0 Å². The number of aromatic hydroxyl groups is 1. The predicted molar refractivity (Wildman–Crippen MR) is 111 cm³/mol. The number of carbonyl (C=O) groups is 1. The van der Waals surface area contributed by atoms with Crippen LogP contribution in [0.25, 0.3) is 22.4 Å².